The Morgan fingerprint density at radius 1 is 1.17 bits per heavy atom. The molecule has 2 aromatic carbocycles. The number of H-pyrrole nitrogens is 1. The summed E-state index contributed by atoms with van der Waals surface area (Å²) in [6.07, 6.45) is 1.12. The van der Waals surface area contributed by atoms with E-state index in [4.69, 9.17) is 14.2 Å². The first-order valence-corrected chi connectivity index (χ1v) is 9.18. The van der Waals surface area contributed by atoms with Gasteiger partial charge in [-0.05, 0) is 23.8 Å². The van der Waals surface area contributed by atoms with Crippen LogP contribution in [-0.4, -0.2) is 29.4 Å². The van der Waals surface area contributed by atoms with Crippen LogP contribution in [0.25, 0.3) is 0 Å². The molecule has 3 aromatic rings. The van der Waals surface area contributed by atoms with Crippen LogP contribution < -0.4 is 30.8 Å². The zero-order valence-corrected chi connectivity index (χ0v) is 16.1. The predicted octanol–water partition coefficient (Wildman–Crippen LogP) is 1.25. The average molecular weight is 409 g/mol. The molecule has 154 valence electrons. The Labute approximate surface area is 170 Å². The van der Waals surface area contributed by atoms with E-state index in [0.717, 1.165) is 16.3 Å². The molecule has 1 aliphatic heterocycles. The molecule has 0 radical (unpaired) electrons. The molecular weight excluding hydrogens is 390 g/mol. The molecule has 2 heterocycles. The highest BCUT2D eigenvalue weighted by atomic mass is 16.7. The SMILES string of the molecule is COc1ccccc1CNC(=O)c1c[nH]c(=O)n(Cc2ccc3c(c2)OCO3)c1=O. The summed E-state index contributed by atoms with van der Waals surface area (Å²) in [6.45, 7) is 0.281. The van der Waals surface area contributed by atoms with Gasteiger partial charge in [-0.25, -0.2) is 4.79 Å². The van der Waals surface area contributed by atoms with E-state index < -0.39 is 17.2 Å². The van der Waals surface area contributed by atoms with E-state index in [-0.39, 0.29) is 25.4 Å². The van der Waals surface area contributed by atoms with Crippen LogP contribution in [0, 0.1) is 0 Å². The number of hydrogen-bond donors (Lipinski definition) is 2. The highest BCUT2D eigenvalue weighted by molar-refractivity contribution is 5.93. The predicted molar refractivity (Wildman–Crippen MR) is 107 cm³/mol. The Hall–Kier alpha value is -4.01. The van der Waals surface area contributed by atoms with Gasteiger partial charge in [0.1, 0.15) is 11.3 Å². The lowest BCUT2D eigenvalue weighted by Gasteiger charge is -2.10. The number of ether oxygens (including phenoxy) is 3. The van der Waals surface area contributed by atoms with Crippen molar-refractivity contribution in [1.29, 1.82) is 0 Å². The zero-order valence-electron chi connectivity index (χ0n) is 16.1. The summed E-state index contributed by atoms with van der Waals surface area (Å²) < 4.78 is 16.8. The third-order valence-corrected chi connectivity index (χ3v) is 4.71. The number of hydrogen-bond acceptors (Lipinski definition) is 6. The van der Waals surface area contributed by atoms with E-state index in [2.05, 4.69) is 10.3 Å². The van der Waals surface area contributed by atoms with Crippen molar-refractivity contribution in [3.63, 3.8) is 0 Å². The number of carbonyl (C=O) groups is 1. The second-order valence-corrected chi connectivity index (χ2v) is 6.58. The van der Waals surface area contributed by atoms with Crippen LogP contribution in [0.3, 0.4) is 0 Å². The van der Waals surface area contributed by atoms with Crippen LogP contribution in [-0.2, 0) is 13.1 Å². The zero-order chi connectivity index (χ0) is 21.1. The van der Waals surface area contributed by atoms with Crippen molar-refractivity contribution in [1.82, 2.24) is 14.9 Å². The Morgan fingerprint density at radius 2 is 1.97 bits per heavy atom. The first-order chi connectivity index (χ1) is 14.6. The Morgan fingerprint density at radius 3 is 2.80 bits per heavy atom. The van der Waals surface area contributed by atoms with Gasteiger partial charge in [-0.2, -0.15) is 0 Å². The standard InChI is InChI=1S/C21H19N3O6/c1-28-16-5-3-2-4-14(16)9-22-19(25)15-10-23-21(27)24(20(15)26)11-13-6-7-17-18(8-13)30-12-29-17/h2-8,10H,9,11-12H2,1H3,(H,22,25)(H,23,27). The average Bonchev–Trinajstić information content (AvgIpc) is 3.23. The lowest BCUT2D eigenvalue weighted by Crippen LogP contribution is -2.40. The van der Waals surface area contributed by atoms with Crippen LogP contribution in [0.2, 0.25) is 0 Å². The van der Waals surface area contributed by atoms with Gasteiger partial charge < -0.3 is 24.5 Å². The van der Waals surface area contributed by atoms with E-state index in [1.54, 1.807) is 24.3 Å². The lowest BCUT2D eigenvalue weighted by molar-refractivity contribution is 0.0948. The number of nitrogens with one attached hydrogen (secondary N) is 2. The van der Waals surface area contributed by atoms with E-state index >= 15 is 0 Å². The molecule has 1 aliphatic rings. The number of carbonyl (C=O) groups excluding carboxylic acids is 1. The normalized spacial score (nSPS) is 11.9. The lowest BCUT2D eigenvalue weighted by atomic mass is 10.2. The van der Waals surface area contributed by atoms with Gasteiger partial charge in [-0.1, -0.05) is 24.3 Å². The van der Waals surface area contributed by atoms with Crippen LogP contribution in [0.5, 0.6) is 17.2 Å². The molecule has 0 saturated carbocycles. The number of methoxy groups -OCH3 is 1. The molecule has 9 heteroatoms. The minimum Gasteiger partial charge on any atom is -0.496 e. The fourth-order valence-corrected chi connectivity index (χ4v) is 3.16. The van der Waals surface area contributed by atoms with Crippen molar-refractivity contribution >= 4 is 5.91 Å². The number of benzene rings is 2. The van der Waals surface area contributed by atoms with Crippen molar-refractivity contribution in [3.8, 4) is 17.2 Å². The van der Waals surface area contributed by atoms with Gasteiger partial charge in [0.25, 0.3) is 11.5 Å². The Balaban J connectivity index is 1.55. The second-order valence-electron chi connectivity index (χ2n) is 6.58. The minimum atomic E-state index is -0.686. The van der Waals surface area contributed by atoms with E-state index in [1.165, 1.54) is 7.11 Å². The minimum absolute atomic E-state index is 0.0154. The number of fused-ring (bicyclic) bond motifs is 1. The molecule has 2 N–H and O–H groups in total. The molecule has 0 saturated heterocycles. The largest absolute Gasteiger partial charge is 0.496 e. The van der Waals surface area contributed by atoms with Crippen LogP contribution in [0.15, 0.2) is 58.3 Å². The number of nitrogens with zero attached hydrogens (tertiary/aromatic N) is 1. The van der Waals surface area contributed by atoms with Crippen molar-refractivity contribution in [2.45, 2.75) is 13.1 Å². The molecule has 0 spiro atoms. The van der Waals surface area contributed by atoms with Crippen LogP contribution >= 0.6 is 0 Å². The van der Waals surface area contributed by atoms with E-state index in [9.17, 15) is 14.4 Å². The molecule has 0 aliphatic carbocycles. The first-order valence-electron chi connectivity index (χ1n) is 9.18. The Bertz CT molecular complexity index is 1210. The van der Waals surface area contributed by atoms with Crippen molar-refractivity contribution in [3.05, 3.63) is 86.2 Å². The molecule has 9 nitrogen and oxygen atoms in total. The number of amides is 1. The summed E-state index contributed by atoms with van der Waals surface area (Å²) in [5.41, 5.74) is -0.0324. The number of aromatic amines is 1. The van der Waals surface area contributed by atoms with Gasteiger partial charge in [0.2, 0.25) is 6.79 Å². The van der Waals surface area contributed by atoms with Gasteiger partial charge in [0, 0.05) is 18.3 Å². The maximum Gasteiger partial charge on any atom is 0.328 e. The molecular formula is C21H19N3O6. The van der Waals surface area contributed by atoms with Crippen LogP contribution in [0.1, 0.15) is 21.5 Å². The monoisotopic (exact) mass is 409 g/mol. The first kappa shape index (κ1) is 19.3. The fourth-order valence-electron chi connectivity index (χ4n) is 3.16. The maximum atomic E-state index is 12.8. The quantitative estimate of drug-likeness (QED) is 0.634. The molecule has 0 atom stereocenters. The van der Waals surface area contributed by atoms with Crippen LogP contribution in [0.4, 0.5) is 0 Å². The number of rotatable bonds is 6. The van der Waals surface area contributed by atoms with Crippen molar-refractivity contribution in [2.24, 2.45) is 0 Å². The van der Waals surface area contributed by atoms with Crippen molar-refractivity contribution in [2.75, 3.05) is 13.9 Å². The smallest absolute Gasteiger partial charge is 0.328 e. The third-order valence-electron chi connectivity index (χ3n) is 4.71. The van der Waals surface area contributed by atoms with Gasteiger partial charge in [-0.3, -0.25) is 14.2 Å². The third kappa shape index (κ3) is 3.77. The van der Waals surface area contributed by atoms with Gasteiger partial charge in [-0.15, -0.1) is 0 Å². The Kier molecular flexibility index (Phi) is 5.25. The number of aromatic nitrogens is 2. The summed E-state index contributed by atoms with van der Waals surface area (Å²) in [4.78, 5) is 40.1. The molecule has 30 heavy (non-hydrogen) atoms. The van der Waals surface area contributed by atoms with E-state index in [1.807, 2.05) is 18.2 Å². The maximum absolute atomic E-state index is 12.8. The summed E-state index contributed by atoms with van der Waals surface area (Å²) in [6, 6.07) is 12.4. The summed E-state index contributed by atoms with van der Waals surface area (Å²) in [5, 5.41) is 2.68. The molecule has 1 aromatic heterocycles. The fraction of sp³-hybridized carbons (Fsp3) is 0.190. The van der Waals surface area contributed by atoms with Crippen molar-refractivity contribution < 1.29 is 19.0 Å². The summed E-state index contributed by atoms with van der Waals surface area (Å²) in [7, 11) is 1.54. The molecule has 1 amide bonds. The highest BCUT2D eigenvalue weighted by Gasteiger charge is 2.17. The van der Waals surface area contributed by atoms with Gasteiger partial charge in [0.05, 0.1) is 13.7 Å². The molecule has 0 unspecified atom stereocenters. The second kappa shape index (κ2) is 8.16. The summed E-state index contributed by atoms with van der Waals surface area (Å²) >= 11 is 0. The van der Waals surface area contributed by atoms with Gasteiger partial charge in [0.15, 0.2) is 11.5 Å². The number of para-hydroxylation sites is 1. The molecule has 0 fully saturated rings. The highest BCUT2D eigenvalue weighted by Crippen LogP contribution is 2.32. The summed E-state index contributed by atoms with van der Waals surface area (Å²) in [5.74, 6) is 1.17. The van der Waals surface area contributed by atoms with E-state index in [0.29, 0.717) is 22.8 Å². The van der Waals surface area contributed by atoms with Gasteiger partial charge >= 0.3 is 5.69 Å². The molecule has 0 bridgehead atoms. The molecule has 4 rings (SSSR count). The topological polar surface area (TPSA) is 112 Å².